The zero-order valence-corrected chi connectivity index (χ0v) is 19.6. The third kappa shape index (κ3) is 7.21. The standard InChI is InChI=1S/C14H23Cl2NO2.C6H6.Sn/c1-8-6-7-10(15)13(12(8)16)17-11-5-3-2-4-9(11)14(18)19;1-2-4-6-5-3-1;/h8-13,17H,2-7H2,1H3,(H,18,19);1-6H;. The van der Waals surface area contributed by atoms with Crippen molar-refractivity contribution in [3.63, 3.8) is 0 Å². The fraction of sp³-hybridized carbons (Fsp3) is 0.650. The second kappa shape index (κ2) is 12.5. The average molecular weight is 505 g/mol. The van der Waals surface area contributed by atoms with E-state index in [0.29, 0.717) is 5.92 Å². The Kier molecular flexibility index (Phi) is 11.6. The minimum atomic E-state index is -0.696. The third-order valence-electron chi connectivity index (χ3n) is 5.33. The molecule has 3 rings (SSSR count). The number of carbonyl (C=O) groups is 1. The molecule has 2 saturated carbocycles. The fourth-order valence-corrected chi connectivity index (χ4v) is 4.57. The van der Waals surface area contributed by atoms with E-state index < -0.39 is 5.97 Å². The van der Waals surface area contributed by atoms with Gasteiger partial charge in [0.15, 0.2) is 0 Å². The minimum Gasteiger partial charge on any atom is -0.481 e. The summed E-state index contributed by atoms with van der Waals surface area (Å²) in [7, 11) is 0. The van der Waals surface area contributed by atoms with Crippen LogP contribution >= 0.6 is 23.2 Å². The molecule has 2 fully saturated rings. The summed E-state index contributed by atoms with van der Waals surface area (Å²) in [5.41, 5.74) is 0. The first-order chi connectivity index (χ1) is 12.0. The summed E-state index contributed by atoms with van der Waals surface area (Å²) in [4.78, 5) is 11.3. The molecule has 0 aliphatic heterocycles. The van der Waals surface area contributed by atoms with Gasteiger partial charge in [-0.25, -0.2) is 0 Å². The molecule has 6 heteroatoms. The second-order valence-corrected chi connectivity index (χ2v) is 8.26. The largest absolute Gasteiger partial charge is 0.481 e. The summed E-state index contributed by atoms with van der Waals surface area (Å²) in [6.07, 6.45) is 5.76. The number of benzene rings is 1. The predicted octanol–water partition coefficient (Wildman–Crippen LogP) is 4.54. The van der Waals surface area contributed by atoms with E-state index in [1.54, 1.807) is 0 Å². The summed E-state index contributed by atoms with van der Waals surface area (Å²) >= 11 is 12.9. The van der Waals surface area contributed by atoms with Crippen molar-refractivity contribution in [2.75, 3.05) is 0 Å². The van der Waals surface area contributed by atoms with Crippen LogP contribution < -0.4 is 5.32 Å². The molecule has 2 N–H and O–H groups in total. The van der Waals surface area contributed by atoms with E-state index in [1.165, 1.54) is 0 Å². The van der Waals surface area contributed by atoms with Crippen LogP contribution in [0.3, 0.4) is 0 Å². The quantitative estimate of drug-likeness (QED) is 0.469. The van der Waals surface area contributed by atoms with Gasteiger partial charge in [0.2, 0.25) is 0 Å². The van der Waals surface area contributed by atoms with Crippen LogP contribution in [-0.4, -0.2) is 57.8 Å². The molecule has 0 spiro atoms. The zero-order chi connectivity index (χ0) is 18.2. The Hall–Kier alpha value is 0.0287. The third-order valence-corrected chi connectivity index (χ3v) is 6.52. The van der Waals surface area contributed by atoms with Gasteiger partial charge in [-0.05, 0) is 31.6 Å². The van der Waals surface area contributed by atoms with E-state index in [4.69, 9.17) is 23.2 Å². The number of rotatable bonds is 3. The molecular formula is C20H29Cl2NO2Sn. The van der Waals surface area contributed by atoms with E-state index in [9.17, 15) is 9.90 Å². The Bertz CT molecular complexity index is 493. The second-order valence-electron chi connectivity index (χ2n) is 7.20. The average Bonchev–Trinajstić information content (AvgIpc) is 2.64. The summed E-state index contributed by atoms with van der Waals surface area (Å²) < 4.78 is 0. The van der Waals surface area contributed by atoms with Crippen LogP contribution in [0.25, 0.3) is 0 Å². The Morgan fingerprint density at radius 3 is 2.04 bits per heavy atom. The monoisotopic (exact) mass is 505 g/mol. The summed E-state index contributed by atoms with van der Waals surface area (Å²) in [5, 5.41) is 12.8. The molecule has 0 bridgehead atoms. The molecule has 2 aliphatic carbocycles. The molecule has 0 aromatic heterocycles. The Morgan fingerprint density at radius 1 is 0.962 bits per heavy atom. The first-order valence-corrected chi connectivity index (χ1v) is 10.1. The predicted molar refractivity (Wildman–Crippen MR) is 110 cm³/mol. The van der Waals surface area contributed by atoms with Crippen LogP contribution in [0.5, 0.6) is 0 Å². The van der Waals surface area contributed by atoms with Crippen LogP contribution in [0.4, 0.5) is 0 Å². The number of carboxylic acid groups (broad SMARTS) is 1. The number of carboxylic acids is 1. The molecule has 0 amide bonds. The summed E-state index contributed by atoms with van der Waals surface area (Å²) in [6, 6.07) is 12.0. The van der Waals surface area contributed by atoms with E-state index in [0.717, 1.165) is 38.5 Å². The zero-order valence-electron chi connectivity index (χ0n) is 15.3. The van der Waals surface area contributed by atoms with Crippen molar-refractivity contribution in [3.8, 4) is 0 Å². The molecular weight excluding hydrogens is 476 g/mol. The van der Waals surface area contributed by atoms with Crippen LogP contribution in [0, 0.1) is 11.8 Å². The van der Waals surface area contributed by atoms with Gasteiger partial charge in [-0.1, -0.05) is 56.2 Å². The fourth-order valence-electron chi connectivity index (χ4n) is 3.77. The number of halogens is 2. The molecule has 26 heavy (non-hydrogen) atoms. The number of hydrogen-bond donors (Lipinski definition) is 2. The van der Waals surface area contributed by atoms with Crippen LogP contribution in [0.2, 0.25) is 0 Å². The number of aliphatic carboxylic acids is 1. The van der Waals surface area contributed by atoms with Gasteiger partial charge in [-0.2, -0.15) is 0 Å². The number of hydrogen-bond acceptors (Lipinski definition) is 2. The first-order valence-electron chi connectivity index (χ1n) is 9.27. The number of alkyl halides is 2. The van der Waals surface area contributed by atoms with Crippen molar-refractivity contribution in [2.45, 2.75) is 68.3 Å². The SMILES string of the molecule is CC1CCC(Cl)C(NC2CCCCC2C(=O)O)C1Cl.[Sn].c1ccccc1. The normalized spacial score (nSPS) is 34.0. The van der Waals surface area contributed by atoms with Crippen molar-refractivity contribution < 1.29 is 9.90 Å². The molecule has 0 saturated heterocycles. The molecule has 0 heterocycles. The van der Waals surface area contributed by atoms with E-state index in [1.807, 2.05) is 36.4 Å². The Balaban J connectivity index is 0.000000410. The summed E-state index contributed by atoms with van der Waals surface area (Å²) in [6.45, 7) is 2.14. The Morgan fingerprint density at radius 2 is 1.50 bits per heavy atom. The number of nitrogens with one attached hydrogen (secondary N) is 1. The minimum absolute atomic E-state index is 0. The molecule has 4 radical (unpaired) electrons. The molecule has 6 unspecified atom stereocenters. The van der Waals surface area contributed by atoms with Gasteiger partial charge in [0, 0.05) is 36.0 Å². The first kappa shape index (κ1) is 24.1. The van der Waals surface area contributed by atoms with Crippen LogP contribution in [-0.2, 0) is 4.79 Å². The van der Waals surface area contributed by atoms with Crippen LogP contribution in [0.15, 0.2) is 36.4 Å². The van der Waals surface area contributed by atoms with Crippen molar-refractivity contribution in [1.82, 2.24) is 5.32 Å². The van der Waals surface area contributed by atoms with Crippen molar-refractivity contribution in [3.05, 3.63) is 36.4 Å². The van der Waals surface area contributed by atoms with Crippen molar-refractivity contribution in [2.24, 2.45) is 11.8 Å². The molecule has 1 aromatic rings. The van der Waals surface area contributed by atoms with E-state index >= 15 is 0 Å². The van der Waals surface area contributed by atoms with Gasteiger partial charge in [0.1, 0.15) is 0 Å². The molecule has 1 aromatic carbocycles. The Labute approximate surface area is 184 Å². The van der Waals surface area contributed by atoms with Gasteiger partial charge in [-0.3, -0.25) is 4.79 Å². The maximum Gasteiger partial charge on any atom is 0.308 e. The molecule has 6 atom stereocenters. The summed E-state index contributed by atoms with van der Waals surface area (Å²) in [5.74, 6) is -0.557. The van der Waals surface area contributed by atoms with E-state index in [-0.39, 0.29) is 52.7 Å². The maximum atomic E-state index is 11.3. The smallest absolute Gasteiger partial charge is 0.308 e. The maximum absolute atomic E-state index is 11.3. The van der Waals surface area contributed by atoms with E-state index in [2.05, 4.69) is 12.2 Å². The van der Waals surface area contributed by atoms with Crippen LogP contribution in [0.1, 0.15) is 45.4 Å². The van der Waals surface area contributed by atoms with Crippen molar-refractivity contribution in [1.29, 1.82) is 0 Å². The van der Waals surface area contributed by atoms with Crippen molar-refractivity contribution >= 4 is 53.1 Å². The molecule has 144 valence electrons. The van der Waals surface area contributed by atoms with Gasteiger partial charge < -0.3 is 10.4 Å². The topological polar surface area (TPSA) is 49.3 Å². The molecule has 3 nitrogen and oxygen atoms in total. The van der Waals surface area contributed by atoms with Gasteiger partial charge in [-0.15, -0.1) is 23.2 Å². The van der Waals surface area contributed by atoms with Gasteiger partial charge in [0.25, 0.3) is 0 Å². The molecule has 2 aliphatic rings. The van der Waals surface area contributed by atoms with Gasteiger partial charge >= 0.3 is 5.97 Å². The van der Waals surface area contributed by atoms with Gasteiger partial charge in [0.05, 0.1) is 16.7 Å².